The van der Waals surface area contributed by atoms with Crippen LogP contribution in [0.4, 0.5) is 5.13 Å². The van der Waals surface area contributed by atoms with Crippen molar-refractivity contribution in [3.63, 3.8) is 0 Å². The summed E-state index contributed by atoms with van der Waals surface area (Å²) < 4.78 is 0.757. The number of nitrogens with two attached hydrogens (primary N) is 1. The first-order chi connectivity index (χ1) is 15.2. The molecule has 34 heavy (non-hydrogen) atoms. The normalized spacial score (nSPS) is 23.3. The lowest BCUT2D eigenvalue weighted by molar-refractivity contribution is -0.893. The van der Waals surface area contributed by atoms with Gasteiger partial charge in [0.1, 0.15) is 30.8 Å². The Bertz CT molecular complexity index is 1020. The number of nitrogens with zero attached hydrogens (tertiary/aromatic N) is 4. The number of thiazole rings is 1. The van der Waals surface area contributed by atoms with Crippen LogP contribution in [0.15, 0.2) is 21.8 Å². The molecule has 0 aromatic carbocycles. The summed E-state index contributed by atoms with van der Waals surface area (Å²) in [5.74, 6) is -2.06. The molecule has 0 radical (unpaired) electrons. The first-order valence-corrected chi connectivity index (χ1v) is 12.0. The molecule has 2 saturated heterocycles. The van der Waals surface area contributed by atoms with Crippen molar-refractivity contribution in [2.45, 2.75) is 24.3 Å². The number of likely N-dealkylation sites (tertiary alicyclic amines) is 1. The Kier molecular flexibility index (Phi) is 8.93. The van der Waals surface area contributed by atoms with Crippen LogP contribution in [-0.2, 0) is 19.2 Å². The van der Waals surface area contributed by atoms with Crippen LogP contribution in [0.1, 0.15) is 18.5 Å². The lowest BCUT2D eigenvalue weighted by Crippen LogP contribution is -2.71. The van der Waals surface area contributed by atoms with Crippen LogP contribution >= 0.6 is 35.5 Å². The van der Waals surface area contributed by atoms with Crippen molar-refractivity contribution in [3.8, 4) is 0 Å². The number of nitrogens with one attached hydrogen (secondary N) is 1. The maximum absolute atomic E-state index is 12.9. The van der Waals surface area contributed by atoms with Gasteiger partial charge in [0.25, 0.3) is 11.8 Å². The molecule has 0 saturated carbocycles. The number of aromatic nitrogens is 1. The Morgan fingerprint density at radius 2 is 2.09 bits per heavy atom. The number of fused-ring (bicyclic) bond motifs is 1. The molecule has 15 heteroatoms. The molecule has 3 aliphatic rings. The van der Waals surface area contributed by atoms with Gasteiger partial charge in [-0.1, -0.05) is 5.16 Å². The molecule has 4 heterocycles. The molecule has 2 fully saturated rings. The molecule has 2 atom stereocenters. The Morgan fingerprint density at radius 1 is 1.41 bits per heavy atom. The van der Waals surface area contributed by atoms with Crippen LogP contribution in [0.2, 0.25) is 0 Å². The summed E-state index contributed by atoms with van der Waals surface area (Å²) in [4.78, 5) is 47.7. The largest absolute Gasteiger partial charge is 0.543 e. The molecule has 1 aromatic heterocycles. The van der Waals surface area contributed by atoms with Crippen molar-refractivity contribution < 1.29 is 34.3 Å². The zero-order valence-electron chi connectivity index (χ0n) is 18.6. The molecule has 0 unspecified atom stereocenters. The second-order valence-corrected chi connectivity index (χ2v) is 10.2. The van der Waals surface area contributed by atoms with Gasteiger partial charge >= 0.3 is 0 Å². The van der Waals surface area contributed by atoms with Crippen LogP contribution < -0.4 is 16.2 Å². The third kappa shape index (κ3) is 5.15. The van der Waals surface area contributed by atoms with E-state index in [1.54, 1.807) is 5.38 Å². The van der Waals surface area contributed by atoms with Gasteiger partial charge in [0.15, 0.2) is 10.8 Å². The van der Waals surface area contributed by atoms with Gasteiger partial charge < -0.3 is 35.7 Å². The second kappa shape index (κ2) is 10.9. The van der Waals surface area contributed by atoms with Crippen molar-refractivity contribution in [1.29, 1.82) is 0 Å². The maximum atomic E-state index is 12.9. The molecule has 5 N–H and O–H groups in total. The number of oxime groups is 1. The highest BCUT2D eigenvalue weighted by Gasteiger charge is 2.53. The smallest absolute Gasteiger partial charge is 0.276 e. The van der Waals surface area contributed by atoms with Gasteiger partial charge in [-0.05, 0) is 0 Å². The van der Waals surface area contributed by atoms with Gasteiger partial charge in [-0.15, -0.1) is 35.5 Å². The minimum atomic E-state index is -1.37. The number of quaternary nitrogens is 1. The fraction of sp³-hybridized carbons (Fsp3) is 0.526. The Balaban J connectivity index is 0.00000204. The van der Waals surface area contributed by atoms with Crippen LogP contribution in [0.5, 0.6) is 0 Å². The number of hydrogen-bond donors (Lipinski definition) is 2. The van der Waals surface area contributed by atoms with Gasteiger partial charge in [0.2, 0.25) is 0 Å². The first kappa shape index (κ1) is 27.9. The van der Waals surface area contributed by atoms with E-state index in [1.807, 2.05) is 0 Å². The molecule has 0 bridgehead atoms. The van der Waals surface area contributed by atoms with Gasteiger partial charge in [0.05, 0.1) is 31.8 Å². The van der Waals surface area contributed by atoms with Crippen molar-refractivity contribution in [2.75, 3.05) is 45.3 Å². The Hall–Kier alpha value is -2.39. The average Bonchev–Trinajstić information content (AvgIpc) is 3.37. The van der Waals surface area contributed by atoms with E-state index in [1.165, 1.54) is 23.8 Å². The number of likely N-dealkylation sites (N-methyl/N-ethyl adjacent to an activating group) is 1. The monoisotopic (exact) mass is 534 g/mol. The number of anilines is 1. The van der Waals surface area contributed by atoms with Crippen molar-refractivity contribution in [1.82, 2.24) is 15.2 Å². The minimum Gasteiger partial charge on any atom is -0.543 e. The first-order valence-electron chi connectivity index (χ1n) is 10.1. The molecular formula is C19H27ClN6O6S2. The molecular weight excluding hydrogens is 508 g/mol. The lowest BCUT2D eigenvalue weighted by Gasteiger charge is -2.51. The number of hydrogen-bond acceptors (Lipinski definition) is 10. The highest BCUT2D eigenvalue weighted by molar-refractivity contribution is 8.00. The number of β-lactam (4-membered cyclic amide) rings is 1. The van der Waals surface area contributed by atoms with Gasteiger partial charge in [-0.2, -0.15) is 0 Å². The summed E-state index contributed by atoms with van der Waals surface area (Å²) in [7, 11) is 3.39. The number of aliphatic carboxylic acids is 1. The van der Waals surface area contributed by atoms with Crippen LogP contribution in [0.25, 0.3) is 0 Å². The Labute approximate surface area is 210 Å². The van der Waals surface area contributed by atoms with Gasteiger partial charge in [-0.25, -0.2) is 4.98 Å². The van der Waals surface area contributed by atoms with Crippen LogP contribution in [0.3, 0.4) is 0 Å². The fourth-order valence-corrected chi connectivity index (χ4v) is 6.30. The topological polar surface area (TPSA) is 182 Å². The van der Waals surface area contributed by atoms with Gasteiger partial charge in [-0.3, -0.25) is 14.5 Å². The predicted octanol–water partition coefficient (Wildman–Crippen LogP) is -1.68. The highest BCUT2D eigenvalue weighted by Crippen LogP contribution is 2.41. The van der Waals surface area contributed by atoms with E-state index < -0.39 is 29.2 Å². The quantitative estimate of drug-likeness (QED) is 0.180. The van der Waals surface area contributed by atoms with Gasteiger partial charge in [0, 0.05) is 29.5 Å². The summed E-state index contributed by atoms with van der Waals surface area (Å²) in [5, 5.41) is 19.6. The third-order valence-corrected chi connectivity index (χ3v) is 7.92. The second-order valence-electron chi connectivity index (χ2n) is 8.23. The third-order valence-electron chi connectivity index (χ3n) is 5.91. The lowest BCUT2D eigenvalue weighted by atomic mass is 10.0. The molecule has 4 rings (SSSR count). The Morgan fingerprint density at radius 3 is 2.65 bits per heavy atom. The molecule has 3 aliphatic heterocycles. The summed E-state index contributed by atoms with van der Waals surface area (Å²) in [6.07, 6.45) is 2.21. The van der Waals surface area contributed by atoms with E-state index in [-0.39, 0.29) is 40.1 Å². The number of nitrogen functional groups attached to an aromatic ring is 1. The van der Waals surface area contributed by atoms with Crippen molar-refractivity contribution in [3.05, 3.63) is 22.3 Å². The molecule has 188 valence electrons. The highest BCUT2D eigenvalue weighted by atomic mass is 35.5. The average molecular weight is 535 g/mol. The summed E-state index contributed by atoms with van der Waals surface area (Å²) in [6.45, 7) is 2.53. The molecule has 0 aliphatic carbocycles. The molecule has 1 aromatic rings. The summed E-state index contributed by atoms with van der Waals surface area (Å²) in [6, 6.07) is -0.891. The molecule has 2 amide bonds. The summed E-state index contributed by atoms with van der Waals surface area (Å²) in [5.41, 5.74) is 6.39. The number of rotatable bonds is 7. The number of carbonyl (C=O) groups is 3. The van der Waals surface area contributed by atoms with Crippen LogP contribution in [-0.4, -0.2) is 94.3 Å². The number of carboxylic acid groups (broad SMARTS) is 1. The number of carbonyl (C=O) groups excluding carboxylic acids is 3. The number of amides is 2. The SMILES string of the molecule is CO/N=C(\C(=O)N[C@@H]1C(=O)N2C(C(=O)[O-])=C(C[N+]3(C)CCCC3)CS[C@@H]12)c1csc(N)n1.Cl.O. The summed E-state index contributed by atoms with van der Waals surface area (Å²) >= 11 is 2.57. The van der Waals surface area contributed by atoms with Crippen molar-refractivity contribution >= 4 is 64.1 Å². The maximum Gasteiger partial charge on any atom is 0.276 e. The van der Waals surface area contributed by atoms with E-state index >= 15 is 0 Å². The number of halogens is 1. The number of thioether (sulfide) groups is 1. The van der Waals surface area contributed by atoms with E-state index in [0.29, 0.717) is 17.9 Å². The molecule has 0 spiro atoms. The zero-order valence-corrected chi connectivity index (χ0v) is 21.1. The standard InChI is InChI=1S/C19H24N6O5S2.ClH.H2O/c1-25(5-3-4-6-25)7-10-8-31-17-13(16(27)24(17)14(10)18(28)29)22-15(26)12(23-30-2)11-9-32-19(20)21-11;;/h9,13,17H,3-8H2,1-2H3,(H3-,20,21,22,26,28,29);1H;1H2/b23-12-;;/t13-,17+;;/m1../s1. The van der Waals surface area contributed by atoms with E-state index in [2.05, 4.69) is 22.5 Å². The minimum absolute atomic E-state index is 0. The fourth-order valence-electron chi connectivity index (χ4n) is 4.41. The van der Waals surface area contributed by atoms with E-state index in [0.717, 1.165) is 41.8 Å². The van der Waals surface area contributed by atoms with Crippen molar-refractivity contribution in [2.24, 2.45) is 5.16 Å². The zero-order chi connectivity index (χ0) is 23.0. The number of carboxylic acids is 1. The predicted molar refractivity (Wildman–Crippen MR) is 128 cm³/mol. The van der Waals surface area contributed by atoms with Crippen LogP contribution in [0, 0.1) is 0 Å². The van der Waals surface area contributed by atoms with E-state index in [4.69, 9.17) is 10.6 Å². The molecule has 12 nitrogen and oxygen atoms in total. The van der Waals surface area contributed by atoms with E-state index in [9.17, 15) is 19.5 Å².